The molecule has 1 saturated heterocycles. The van der Waals surface area contributed by atoms with E-state index in [0.29, 0.717) is 5.56 Å². The number of carbonyl (C=O) groups is 1. The van der Waals surface area contributed by atoms with Gasteiger partial charge < -0.3 is 0 Å². The molecule has 2 aromatic rings. The van der Waals surface area contributed by atoms with Crippen LogP contribution in [0.1, 0.15) is 11.1 Å². The lowest BCUT2D eigenvalue weighted by molar-refractivity contribution is -0.137. The van der Waals surface area contributed by atoms with Crippen LogP contribution in [0.15, 0.2) is 47.4 Å². The van der Waals surface area contributed by atoms with Gasteiger partial charge in [0.15, 0.2) is 4.32 Å². The molecule has 0 radical (unpaired) electrons. The van der Waals surface area contributed by atoms with Crippen LogP contribution in [0.25, 0.3) is 6.08 Å². The third-order valence-corrected chi connectivity index (χ3v) is 5.09. The van der Waals surface area contributed by atoms with Crippen molar-refractivity contribution in [1.29, 1.82) is 0 Å². The van der Waals surface area contributed by atoms with Gasteiger partial charge in [-0.05, 0) is 42.0 Å². The van der Waals surface area contributed by atoms with Crippen molar-refractivity contribution in [3.63, 3.8) is 0 Å². The lowest BCUT2D eigenvalue weighted by Gasteiger charge is -2.17. The van der Waals surface area contributed by atoms with Gasteiger partial charge in [0.25, 0.3) is 5.91 Å². The van der Waals surface area contributed by atoms with Crippen molar-refractivity contribution in [3.8, 4) is 0 Å². The van der Waals surface area contributed by atoms with E-state index in [9.17, 15) is 22.4 Å². The molecule has 26 heavy (non-hydrogen) atoms. The van der Waals surface area contributed by atoms with Crippen LogP contribution in [0.3, 0.4) is 0 Å². The predicted molar refractivity (Wildman–Crippen MR) is 98.5 cm³/mol. The number of thiocarbonyl (C=S) groups is 1. The molecular weight excluding hydrogens is 410 g/mol. The van der Waals surface area contributed by atoms with E-state index in [0.717, 1.165) is 28.8 Å². The first-order valence-electron chi connectivity index (χ1n) is 7.07. The number of hydrogen-bond donors (Lipinski definition) is 0. The molecule has 0 saturated carbocycles. The highest BCUT2D eigenvalue weighted by molar-refractivity contribution is 8.27. The van der Waals surface area contributed by atoms with Crippen molar-refractivity contribution < 1.29 is 22.4 Å². The molecule has 1 aliphatic heterocycles. The van der Waals surface area contributed by atoms with Gasteiger partial charge in [0.2, 0.25) is 0 Å². The molecule has 1 heterocycles. The van der Waals surface area contributed by atoms with E-state index in [1.165, 1.54) is 30.3 Å². The van der Waals surface area contributed by atoms with Gasteiger partial charge in [-0.3, -0.25) is 9.69 Å². The standard InChI is InChI=1S/C17H8ClF4NOS2/c18-13-5-4-11(8-12(13)17(20,21)22)23-15(24)14(26-16(23)25)7-9-2-1-3-10(19)6-9/h1-8H. The summed E-state index contributed by atoms with van der Waals surface area (Å²) in [4.78, 5) is 13.8. The van der Waals surface area contributed by atoms with E-state index < -0.39 is 28.5 Å². The highest BCUT2D eigenvalue weighted by Crippen LogP contribution is 2.40. The molecule has 2 nitrogen and oxygen atoms in total. The number of alkyl halides is 3. The number of halogens is 5. The fraction of sp³-hybridized carbons (Fsp3) is 0.0588. The number of anilines is 1. The first-order chi connectivity index (χ1) is 12.2. The Kier molecular flexibility index (Phi) is 5.09. The van der Waals surface area contributed by atoms with Crippen LogP contribution in [0.4, 0.5) is 23.2 Å². The van der Waals surface area contributed by atoms with Gasteiger partial charge in [-0.25, -0.2) is 4.39 Å². The lowest BCUT2D eigenvalue weighted by atomic mass is 10.1. The minimum absolute atomic E-state index is 0.0353. The summed E-state index contributed by atoms with van der Waals surface area (Å²) in [5.41, 5.74) is -0.649. The largest absolute Gasteiger partial charge is 0.417 e. The zero-order valence-electron chi connectivity index (χ0n) is 12.7. The highest BCUT2D eigenvalue weighted by atomic mass is 35.5. The van der Waals surface area contributed by atoms with Gasteiger partial charge >= 0.3 is 6.18 Å². The summed E-state index contributed by atoms with van der Waals surface area (Å²) in [5, 5.41) is -0.470. The molecule has 9 heteroatoms. The van der Waals surface area contributed by atoms with Gasteiger partial charge in [0, 0.05) is 0 Å². The van der Waals surface area contributed by atoms with E-state index >= 15 is 0 Å². The van der Waals surface area contributed by atoms with E-state index in [1.54, 1.807) is 6.07 Å². The van der Waals surface area contributed by atoms with Crippen molar-refractivity contribution in [3.05, 3.63) is 69.3 Å². The maximum atomic E-state index is 13.3. The summed E-state index contributed by atoms with van der Waals surface area (Å²) >= 11 is 11.7. The maximum Gasteiger partial charge on any atom is 0.417 e. The van der Waals surface area contributed by atoms with Crippen LogP contribution in [-0.2, 0) is 11.0 Å². The van der Waals surface area contributed by atoms with Crippen LogP contribution in [0.2, 0.25) is 5.02 Å². The van der Waals surface area contributed by atoms with Crippen molar-refractivity contribution in [1.82, 2.24) is 0 Å². The molecule has 1 amide bonds. The van der Waals surface area contributed by atoms with Crippen molar-refractivity contribution in [2.24, 2.45) is 0 Å². The molecular formula is C17H8ClF4NOS2. The van der Waals surface area contributed by atoms with Crippen LogP contribution < -0.4 is 4.90 Å². The molecule has 0 spiro atoms. The molecule has 0 aromatic heterocycles. The number of nitrogens with zero attached hydrogens (tertiary/aromatic N) is 1. The van der Waals surface area contributed by atoms with E-state index in [4.69, 9.17) is 23.8 Å². The van der Waals surface area contributed by atoms with Gasteiger partial charge in [0.1, 0.15) is 5.82 Å². The fourth-order valence-corrected chi connectivity index (χ4v) is 3.83. The molecule has 0 unspecified atom stereocenters. The third kappa shape index (κ3) is 3.77. The third-order valence-electron chi connectivity index (χ3n) is 3.45. The zero-order valence-corrected chi connectivity index (χ0v) is 15.1. The lowest BCUT2D eigenvalue weighted by Crippen LogP contribution is -2.27. The Morgan fingerprint density at radius 3 is 2.54 bits per heavy atom. The first-order valence-corrected chi connectivity index (χ1v) is 8.67. The highest BCUT2D eigenvalue weighted by Gasteiger charge is 2.37. The van der Waals surface area contributed by atoms with Gasteiger partial charge in [-0.2, -0.15) is 13.2 Å². The fourth-order valence-electron chi connectivity index (χ4n) is 2.31. The molecule has 0 bridgehead atoms. The predicted octanol–water partition coefficient (Wildman–Crippen LogP) is 5.90. The number of thioether (sulfide) groups is 1. The average molecular weight is 418 g/mol. The van der Waals surface area contributed by atoms with Crippen LogP contribution in [0, 0.1) is 5.82 Å². The quantitative estimate of drug-likeness (QED) is 0.344. The second kappa shape index (κ2) is 7.02. The maximum absolute atomic E-state index is 13.3. The second-order valence-electron chi connectivity index (χ2n) is 5.23. The summed E-state index contributed by atoms with van der Waals surface area (Å²) in [7, 11) is 0. The van der Waals surface area contributed by atoms with Crippen molar-refractivity contribution >= 4 is 57.6 Å². The Morgan fingerprint density at radius 1 is 1.15 bits per heavy atom. The Hall–Kier alpha value is -1.90. The number of benzene rings is 2. The van der Waals surface area contributed by atoms with Crippen LogP contribution in [0.5, 0.6) is 0 Å². The number of rotatable bonds is 2. The van der Waals surface area contributed by atoms with Crippen LogP contribution >= 0.6 is 35.6 Å². The van der Waals surface area contributed by atoms with Crippen LogP contribution in [-0.4, -0.2) is 10.2 Å². The number of hydrogen-bond acceptors (Lipinski definition) is 3. The van der Waals surface area contributed by atoms with E-state index in [-0.39, 0.29) is 14.9 Å². The summed E-state index contributed by atoms with van der Waals surface area (Å²) in [6, 6.07) is 8.70. The second-order valence-corrected chi connectivity index (χ2v) is 7.32. The van der Waals surface area contributed by atoms with Gasteiger partial charge in [0.05, 0.1) is 21.2 Å². The van der Waals surface area contributed by atoms with Crippen molar-refractivity contribution in [2.45, 2.75) is 6.18 Å². The summed E-state index contributed by atoms with van der Waals surface area (Å²) in [5.74, 6) is -1.05. The smallest absolute Gasteiger partial charge is 0.268 e. The topological polar surface area (TPSA) is 20.3 Å². The number of carbonyl (C=O) groups excluding carboxylic acids is 1. The molecule has 134 valence electrons. The Morgan fingerprint density at radius 2 is 1.88 bits per heavy atom. The summed E-state index contributed by atoms with van der Waals surface area (Å²) < 4.78 is 52.5. The van der Waals surface area contributed by atoms with Crippen molar-refractivity contribution in [2.75, 3.05) is 4.90 Å². The average Bonchev–Trinajstić information content (AvgIpc) is 2.81. The molecule has 2 aromatic carbocycles. The summed E-state index contributed by atoms with van der Waals surface area (Å²) in [6.45, 7) is 0. The summed E-state index contributed by atoms with van der Waals surface area (Å²) in [6.07, 6.45) is -3.23. The normalized spacial score (nSPS) is 16.7. The van der Waals surface area contributed by atoms with E-state index in [1.807, 2.05) is 0 Å². The van der Waals surface area contributed by atoms with E-state index in [2.05, 4.69) is 0 Å². The zero-order chi connectivity index (χ0) is 19.1. The Balaban J connectivity index is 1.98. The minimum Gasteiger partial charge on any atom is -0.268 e. The molecule has 0 aliphatic carbocycles. The van der Waals surface area contributed by atoms with Gasteiger partial charge in [-0.15, -0.1) is 0 Å². The molecule has 1 fully saturated rings. The Bertz CT molecular complexity index is 943. The monoisotopic (exact) mass is 417 g/mol. The Labute approximate surface area is 160 Å². The minimum atomic E-state index is -4.66. The molecule has 1 aliphatic rings. The molecule has 0 atom stereocenters. The molecule has 3 rings (SSSR count). The van der Waals surface area contributed by atoms with Gasteiger partial charge in [-0.1, -0.05) is 47.7 Å². The first kappa shape index (κ1) is 18.9. The SMILES string of the molecule is O=C1C(=Cc2cccc(F)c2)SC(=S)N1c1ccc(Cl)c(C(F)(F)F)c1. The number of amides is 1. The molecule has 0 N–H and O–H groups in total.